The number of nitriles is 1. The summed E-state index contributed by atoms with van der Waals surface area (Å²) in [5, 5.41) is 8.44. The molecule has 0 fully saturated rings. The van der Waals surface area contributed by atoms with Gasteiger partial charge in [0.1, 0.15) is 0 Å². The van der Waals surface area contributed by atoms with Crippen LogP contribution in [0.15, 0.2) is 18.5 Å². The molecule has 0 spiro atoms. The van der Waals surface area contributed by atoms with E-state index < -0.39 is 0 Å². The molecule has 1 aromatic rings. The van der Waals surface area contributed by atoms with Crippen LogP contribution in [0, 0.1) is 16.1 Å². The average Bonchev–Trinajstić information content (AvgIpc) is 2.09. The Hall–Kier alpha value is -1.25. The van der Waals surface area contributed by atoms with Gasteiger partial charge < -0.3 is 4.57 Å². The zero-order valence-corrected chi connectivity index (χ0v) is 8.16. The summed E-state index contributed by atoms with van der Waals surface area (Å²) in [6, 6.07) is 3.88. The summed E-state index contributed by atoms with van der Waals surface area (Å²) in [4.78, 5) is 5.82. The predicted molar refractivity (Wildman–Crippen MR) is 51.3 cm³/mol. The topological polar surface area (TPSA) is 44.9 Å². The van der Waals surface area contributed by atoms with Gasteiger partial charge in [0.2, 0.25) is 4.77 Å². The lowest BCUT2D eigenvalue weighted by Gasteiger charge is -2.14. The Morgan fingerprint density at radius 2 is 2.54 bits per heavy atom. The molecule has 4 nitrogen and oxygen atoms in total. The molecule has 1 aromatic heterocycles. The molecule has 0 saturated heterocycles. The van der Waals surface area contributed by atoms with E-state index in [9.17, 15) is 0 Å². The van der Waals surface area contributed by atoms with Crippen LogP contribution in [-0.4, -0.2) is 28.0 Å². The van der Waals surface area contributed by atoms with Gasteiger partial charge >= 0.3 is 0 Å². The minimum atomic E-state index is 0.386. The molecule has 0 unspecified atom stereocenters. The van der Waals surface area contributed by atoms with E-state index in [2.05, 4.69) is 11.1 Å². The summed E-state index contributed by atoms with van der Waals surface area (Å²) >= 11 is 5.00. The third-order valence-electron chi connectivity index (χ3n) is 1.52. The Morgan fingerprint density at radius 3 is 3.15 bits per heavy atom. The quantitative estimate of drug-likeness (QED) is 0.532. The molecule has 0 amide bonds. The second-order valence-corrected chi connectivity index (χ2v) is 3.05. The van der Waals surface area contributed by atoms with Crippen molar-refractivity contribution in [1.82, 2.24) is 14.5 Å². The van der Waals surface area contributed by atoms with Gasteiger partial charge in [0.15, 0.2) is 0 Å². The second-order valence-electron chi connectivity index (χ2n) is 2.69. The van der Waals surface area contributed by atoms with Crippen molar-refractivity contribution in [2.45, 2.75) is 6.67 Å². The van der Waals surface area contributed by atoms with Crippen molar-refractivity contribution in [3.05, 3.63) is 23.2 Å². The molecule has 0 aromatic carbocycles. The van der Waals surface area contributed by atoms with Crippen molar-refractivity contribution < 1.29 is 0 Å². The molecule has 68 valence electrons. The maximum Gasteiger partial charge on any atom is 0.200 e. The van der Waals surface area contributed by atoms with Crippen molar-refractivity contribution in [3.8, 4) is 6.07 Å². The summed E-state index contributed by atoms with van der Waals surface area (Å²) in [6.07, 6.45) is 3.51. The predicted octanol–water partition coefficient (Wildman–Crippen LogP) is 1.03. The van der Waals surface area contributed by atoms with E-state index in [4.69, 9.17) is 17.5 Å². The summed E-state index contributed by atoms with van der Waals surface area (Å²) in [7, 11) is 1.86. The Balaban J connectivity index is 2.70. The first-order valence-electron chi connectivity index (χ1n) is 3.81. The molecule has 5 heteroatoms. The molecule has 0 saturated carbocycles. The molecule has 0 aliphatic carbocycles. The van der Waals surface area contributed by atoms with E-state index in [1.165, 1.54) is 0 Å². The lowest BCUT2D eigenvalue weighted by atomic mass is 10.6. The van der Waals surface area contributed by atoms with E-state index in [-0.39, 0.29) is 0 Å². The molecule has 0 aliphatic heterocycles. The van der Waals surface area contributed by atoms with Crippen LogP contribution in [0.1, 0.15) is 0 Å². The smallest absolute Gasteiger partial charge is 0.200 e. The summed E-state index contributed by atoms with van der Waals surface area (Å²) in [5.74, 6) is 0. The highest BCUT2D eigenvalue weighted by atomic mass is 32.1. The van der Waals surface area contributed by atoms with Gasteiger partial charge in [-0.25, -0.2) is 4.98 Å². The van der Waals surface area contributed by atoms with Gasteiger partial charge in [0.05, 0.1) is 19.3 Å². The van der Waals surface area contributed by atoms with E-state index in [0.29, 0.717) is 18.0 Å². The van der Waals surface area contributed by atoms with E-state index in [1.54, 1.807) is 6.20 Å². The first kappa shape index (κ1) is 9.84. The second kappa shape index (κ2) is 4.70. The molecule has 0 aliphatic rings. The fourth-order valence-corrected chi connectivity index (χ4v) is 1.10. The minimum Gasteiger partial charge on any atom is -0.310 e. The third-order valence-corrected chi connectivity index (χ3v) is 1.86. The molecule has 1 heterocycles. The van der Waals surface area contributed by atoms with Gasteiger partial charge in [-0.3, -0.25) is 4.90 Å². The van der Waals surface area contributed by atoms with Crippen molar-refractivity contribution in [1.29, 1.82) is 5.26 Å². The molecule has 0 radical (unpaired) electrons. The van der Waals surface area contributed by atoms with Gasteiger partial charge in [-0.2, -0.15) is 5.26 Å². The van der Waals surface area contributed by atoms with Gasteiger partial charge in [-0.05, 0) is 25.3 Å². The molecule has 0 bridgehead atoms. The van der Waals surface area contributed by atoms with Gasteiger partial charge in [-0.15, -0.1) is 0 Å². The Morgan fingerprint density at radius 1 is 1.77 bits per heavy atom. The van der Waals surface area contributed by atoms with Crippen LogP contribution in [0.4, 0.5) is 0 Å². The lowest BCUT2D eigenvalue weighted by Crippen LogP contribution is -2.22. The number of rotatable bonds is 3. The lowest BCUT2D eigenvalue weighted by molar-refractivity contribution is 0.295. The molecule has 0 N–H and O–H groups in total. The summed E-state index contributed by atoms with van der Waals surface area (Å²) in [6.45, 7) is 0.983. The van der Waals surface area contributed by atoms with Gasteiger partial charge in [-0.1, -0.05) is 0 Å². The highest BCUT2D eigenvalue weighted by molar-refractivity contribution is 7.71. The largest absolute Gasteiger partial charge is 0.310 e. The molecular weight excluding hydrogens is 184 g/mol. The van der Waals surface area contributed by atoms with Crippen molar-refractivity contribution >= 4 is 12.2 Å². The molecule has 0 atom stereocenters. The number of hydrogen-bond donors (Lipinski definition) is 0. The SMILES string of the molecule is CN(CC#N)Cn1cccnc1=S. The van der Waals surface area contributed by atoms with Crippen LogP contribution in [0.3, 0.4) is 0 Å². The van der Waals surface area contributed by atoms with Gasteiger partial charge in [0, 0.05) is 12.4 Å². The Bertz CT molecular complexity index is 365. The van der Waals surface area contributed by atoms with Gasteiger partial charge in [0.25, 0.3) is 0 Å². The zero-order valence-electron chi connectivity index (χ0n) is 7.34. The van der Waals surface area contributed by atoms with Crippen LogP contribution in [0.2, 0.25) is 0 Å². The first-order valence-corrected chi connectivity index (χ1v) is 4.22. The number of nitrogens with zero attached hydrogens (tertiary/aromatic N) is 4. The van der Waals surface area contributed by atoms with Crippen LogP contribution < -0.4 is 0 Å². The zero-order chi connectivity index (χ0) is 9.68. The fraction of sp³-hybridized carbons (Fsp3) is 0.375. The van der Waals surface area contributed by atoms with Crippen LogP contribution in [0.5, 0.6) is 0 Å². The fourth-order valence-electron chi connectivity index (χ4n) is 0.926. The maximum absolute atomic E-state index is 8.44. The Labute approximate surface area is 82.1 Å². The average molecular weight is 194 g/mol. The van der Waals surface area contributed by atoms with E-state index in [1.807, 2.05) is 28.8 Å². The maximum atomic E-state index is 8.44. The number of aromatic nitrogens is 2. The van der Waals surface area contributed by atoms with Crippen molar-refractivity contribution in [3.63, 3.8) is 0 Å². The van der Waals surface area contributed by atoms with Crippen LogP contribution >= 0.6 is 12.2 Å². The normalized spacial score (nSPS) is 9.92. The summed E-state index contributed by atoms with van der Waals surface area (Å²) < 4.78 is 2.35. The van der Waals surface area contributed by atoms with Crippen LogP contribution in [0.25, 0.3) is 0 Å². The monoisotopic (exact) mass is 194 g/mol. The van der Waals surface area contributed by atoms with Crippen molar-refractivity contribution in [2.24, 2.45) is 0 Å². The molecular formula is C8H10N4S. The first-order chi connectivity index (χ1) is 6.24. The van der Waals surface area contributed by atoms with E-state index in [0.717, 1.165) is 0 Å². The van der Waals surface area contributed by atoms with E-state index >= 15 is 0 Å². The number of hydrogen-bond acceptors (Lipinski definition) is 4. The Kier molecular flexibility index (Phi) is 3.55. The highest BCUT2D eigenvalue weighted by Gasteiger charge is 1.97. The van der Waals surface area contributed by atoms with Crippen LogP contribution in [-0.2, 0) is 6.67 Å². The minimum absolute atomic E-state index is 0.386. The standard InChI is InChI=1S/C8H10N4S/c1-11(6-3-9)7-12-5-2-4-10-8(12)13/h2,4-5H,6-7H2,1H3. The summed E-state index contributed by atoms with van der Waals surface area (Å²) in [5.41, 5.74) is 0. The molecule has 13 heavy (non-hydrogen) atoms. The van der Waals surface area contributed by atoms with Crippen molar-refractivity contribution in [2.75, 3.05) is 13.6 Å². The highest BCUT2D eigenvalue weighted by Crippen LogP contribution is 1.92. The molecule has 1 rings (SSSR count). The third kappa shape index (κ3) is 2.93.